The van der Waals surface area contributed by atoms with E-state index >= 15 is 0 Å². The van der Waals surface area contributed by atoms with Gasteiger partial charge in [-0.05, 0) is 37.0 Å². The van der Waals surface area contributed by atoms with Crippen molar-refractivity contribution < 1.29 is 23.4 Å². The molecule has 1 aromatic rings. The van der Waals surface area contributed by atoms with Crippen molar-refractivity contribution in [2.45, 2.75) is 36.7 Å². The molecule has 2 atom stereocenters. The normalized spacial score (nSPS) is 28.7. The van der Waals surface area contributed by atoms with E-state index in [9.17, 15) is 23.4 Å². The van der Waals surface area contributed by atoms with E-state index in [1.54, 1.807) is 12.1 Å². The molecule has 2 aliphatic rings. The SMILES string of the molecule is O=C(O)[C@@]1(CC2CC2)CN(S(=O)(=O)c2cccc(Cl)c2)CC[C@@H]1O. The van der Waals surface area contributed by atoms with Gasteiger partial charge in [-0.3, -0.25) is 4.79 Å². The van der Waals surface area contributed by atoms with Crippen molar-refractivity contribution in [2.24, 2.45) is 11.3 Å². The third-order valence-electron chi connectivity index (χ3n) is 4.96. The number of carboxylic acids is 1. The van der Waals surface area contributed by atoms with Crippen molar-refractivity contribution in [3.63, 3.8) is 0 Å². The number of aliphatic hydroxyl groups is 1. The first-order valence-electron chi connectivity index (χ1n) is 7.93. The van der Waals surface area contributed by atoms with Crippen LogP contribution in [0.15, 0.2) is 29.2 Å². The van der Waals surface area contributed by atoms with Crippen LogP contribution in [0.3, 0.4) is 0 Å². The summed E-state index contributed by atoms with van der Waals surface area (Å²) in [6.07, 6.45) is 1.25. The lowest BCUT2D eigenvalue weighted by Crippen LogP contribution is -2.57. The number of nitrogens with zero attached hydrogens (tertiary/aromatic N) is 1. The van der Waals surface area contributed by atoms with Crippen molar-refractivity contribution in [1.29, 1.82) is 0 Å². The molecule has 0 amide bonds. The van der Waals surface area contributed by atoms with Crippen LogP contribution in [0.25, 0.3) is 0 Å². The molecule has 132 valence electrons. The zero-order valence-corrected chi connectivity index (χ0v) is 14.6. The Morgan fingerprint density at radius 2 is 2.04 bits per heavy atom. The number of carbonyl (C=O) groups is 1. The fourth-order valence-corrected chi connectivity index (χ4v) is 5.18. The van der Waals surface area contributed by atoms with Gasteiger partial charge in [0.1, 0.15) is 5.41 Å². The minimum absolute atomic E-state index is 0.0390. The Morgan fingerprint density at radius 1 is 1.33 bits per heavy atom. The molecule has 1 aliphatic carbocycles. The number of aliphatic hydroxyl groups excluding tert-OH is 1. The third-order valence-corrected chi connectivity index (χ3v) is 7.03. The zero-order valence-electron chi connectivity index (χ0n) is 13.1. The molecule has 24 heavy (non-hydrogen) atoms. The second kappa shape index (κ2) is 6.29. The van der Waals surface area contributed by atoms with Gasteiger partial charge in [-0.25, -0.2) is 8.42 Å². The van der Waals surface area contributed by atoms with Gasteiger partial charge in [-0.15, -0.1) is 0 Å². The standard InChI is InChI=1S/C16H20ClNO5S/c17-12-2-1-3-13(8-12)24(22,23)18-7-6-14(19)16(10-18,15(20)21)9-11-4-5-11/h1-3,8,11,14,19H,4-7,9-10H2,(H,20,21)/t14-,16-/m0/s1. The monoisotopic (exact) mass is 373 g/mol. The summed E-state index contributed by atoms with van der Waals surface area (Å²) >= 11 is 5.88. The number of halogens is 1. The van der Waals surface area contributed by atoms with Crippen molar-refractivity contribution >= 4 is 27.6 Å². The molecular weight excluding hydrogens is 354 g/mol. The maximum absolute atomic E-state index is 12.9. The highest BCUT2D eigenvalue weighted by Gasteiger charge is 2.53. The molecule has 1 heterocycles. The van der Waals surface area contributed by atoms with Gasteiger partial charge < -0.3 is 10.2 Å². The molecule has 3 rings (SSSR count). The van der Waals surface area contributed by atoms with Crippen molar-refractivity contribution in [3.05, 3.63) is 29.3 Å². The average Bonchev–Trinajstić information content (AvgIpc) is 3.33. The molecule has 0 spiro atoms. The predicted molar refractivity (Wildman–Crippen MR) is 88.2 cm³/mol. The number of benzene rings is 1. The molecule has 8 heteroatoms. The Kier molecular flexibility index (Phi) is 4.63. The van der Waals surface area contributed by atoms with E-state index < -0.39 is 27.5 Å². The van der Waals surface area contributed by atoms with Crippen LogP contribution in [-0.2, 0) is 14.8 Å². The summed E-state index contributed by atoms with van der Waals surface area (Å²) in [5.41, 5.74) is -1.44. The summed E-state index contributed by atoms with van der Waals surface area (Å²) < 4.78 is 26.9. The van der Waals surface area contributed by atoms with Crippen LogP contribution in [0.2, 0.25) is 5.02 Å². The fourth-order valence-electron chi connectivity index (χ4n) is 3.36. The summed E-state index contributed by atoms with van der Waals surface area (Å²) in [7, 11) is -3.85. The molecule has 1 saturated carbocycles. The van der Waals surface area contributed by atoms with Crippen molar-refractivity contribution in [1.82, 2.24) is 4.31 Å². The van der Waals surface area contributed by atoms with E-state index in [4.69, 9.17) is 11.6 Å². The summed E-state index contributed by atoms with van der Waals surface area (Å²) in [6, 6.07) is 5.92. The number of hydrogen-bond donors (Lipinski definition) is 2. The number of aliphatic carboxylic acids is 1. The van der Waals surface area contributed by atoms with Gasteiger partial charge in [0.15, 0.2) is 0 Å². The Morgan fingerprint density at radius 3 is 2.62 bits per heavy atom. The first-order chi connectivity index (χ1) is 11.3. The summed E-state index contributed by atoms with van der Waals surface area (Å²) in [6.45, 7) is -0.120. The van der Waals surface area contributed by atoms with E-state index in [2.05, 4.69) is 0 Å². The second-order valence-corrected chi connectivity index (χ2v) is 9.08. The molecule has 1 saturated heterocycles. The number of carboxylic acid groups (broad SMARTS) is 1. The highest BCUT2D eigenvalue weighted by Crippen LogP contribution is 2.45. The third kappa shape index (κ3) is 3.18. The lowest BCUT2D eigenvalue weighted by molar-refractivity contribution is -0.162. The molecule has 0 radical (unpaired) electrons. The Hall–Kier alpha value is -1.15. The molecule has 2 N–H and O–H groups in total. The predicted octanol–water partition coefficient (Wildman–Crippen LogP) is 1.97. The maximum Gasteiger partial charge on any atom is 0.313 e. The number of piperidine rings is 1. The van der Waals surface area contributed by atoms with Crippen LogP contribution < -0.4 is 0 Å². The summed E-state index contributed by atoms with van der Waals surface area (Å²) in [5.74, 6) is -0.877. The van der Waals surface area contributed by atoms with Crippen LogP contribution >= 0.6 is 11.6 Å². The number of rotatable bonds is 5. The van der Waals surface area contributed by atoms with E-state index in [-0.39, 0.29) is 30.3 Å². The molecule has 1 aromatic carbocycles. The smallest absolute Gasteiger partial charge is 0.313 e. The van der Waals surface area contributed by atoms with Gasteiger partial charge in [0.05, 0.1) is 11.0 Å². The Balaban J connectivity index is 1.92. The van der Waals surface area contributed by atoms with Crippen molar-refractivity contribution in [2.75, 3.05) is 13.1 Å². The van der Waals surface area contributed by atoms with Gasteiger partial charge in [-0.1, -0.05) is 30.5 Å². The topological polar surface area (TPSA) is 94.9 Å². The minimum atomic E-state index is -3.85. The Labute approximate surface area is 146 Å². The number of hydrogen-bond acceptors (Lipinski definition) is 4. The lowest BCUT2D eigenvalue weighted by atomic mass is 9.74. The molecule has 0 aromatic heterocycles. The van der Waals surface area contributed by atoms with Gasteiger partial charge in [0, 0.05) is 18.1 Å². The second-order valence-electron chi connectivity index (χ2n) is 6.71. The first kappa shape index (κ1) is 17.7. The highest BCUT2D eigenvalue weighted by molar-refractivity contribution is 7.89. The first-order valence-corrected chi connectivity index (χ1v) is 9.75. The van der Waals surface area contributed by atoms with Crippen molar-refractivity contribution in [3.8, 4) is 0 Å². The Bertz CT molecular complexity index is 749. The van der Waals surface area contributed by atoms with E-state index in [1.807, 2.05) is 0 Å². The van der Waals surface area contributed by atoms with Gasteiger partial charge in [-0.2, -0.15) is 4.31 Å². The summed E-state index contributed by atoms with van der Waals surface area (Å²) in [5, 5.41) is 20.4. The fraction of sp³-hybridized carbons (Fsp3) is 0.562. The van der Waals surface area contributed by atoms with Crippen LogP contribution in [0, 0.1) is 11.3 Å². The zero-order chi connectivity index (χ0) is 17.5. The van der Waals surface area contributed by atoms with Crippen LogP contribution in [0.5, 0.6) is 0 Å². The lowest BCUT2D eigenvalue weighted by Gasteiger charge is -2.42. The molecule has 1 aliphatic heterocycles. The highest BCUT2D eigenvalue weighted by atomic mass is 35.5. The average molecular weight is 374 g/mol. The molecule has 0 bridgehead atoms. The molecule has 0 unspecified atom stereocenters. The molecule has 2 fully saturated rings. The van der Waals surface area contributed by atoms with E-state index in [0.29, 0.717) is 11.4 Å². The molecular formula is C16H20ClNO5S. The minimum Gasteiger partial charge on any atom is -0.481 e. The largest absolute Gasteiger partial charge is 0.481 e. The number of sulfonamides is 1. The quantitative estimate of drug-likeness (QED) is 0.822. The van der Waals surface area contributed by atoms with Crippen LogP contribution in [-0.4, -0.2) is 48.1 Å². The van der Waals surface area contributed by atoms with Crippen LogP contribution in [0.4, 0.5) is 0 Å². The summed E-state index contributed by atoms with van der Waals surface area (Å²) in [4.78, 5) is 11.9. The van der Waals surface area contributed by atoms with Gasteiger partial charge in [0.2, 0.25) is 10.0 Å². The molecule has 6 nitrogen and oxygen atoms in total. The maximum atomic E-state index is 12.9. The van der Waals surface area contributed by atoms with E-state index in [1.165, 1.54) is 16.4 Å². The van der Waals surface area contributed by atoms with E-state index in [0.717, 1.165) is 12.8 Å². The van der Waals surface area contributed by atoms with Gasteiger partial charge in [0.25, 0.3) is 0 Å². The van der Waals surface area contributed by atoms with Crippen LogP contribution in [0.1, 0.15) is 25.7 Å². The van der Waals surface area contributed by atoms with Gasteiger partial charge >= 0.3 is 5.97 Å².